The van der Waals surface area contributed by atoms with Crippen molar-refractivity contribution >= 4 is 34.6 Å². The Kier molecular flexibility index (Phi) is 8.95. The molecule has 0 spiro atoms. The molecule has 0 unspecified atom stereocenters. The Morgan fingerprint density at radius 3 is 2.44 bits per heavy atom. The van der Waals surface area contributed by atoms with Gasteiger partial charge in [-0.2, -0.15) is 0 Å². The van der Waals surface area contributed by atoms with Crippen molar-refractivity contribution in [3.05, 3.63) is 64.2 Å². The van der Waals surface area contributed by atoms with Gasteiger partial charge in [0.05, 0.1) is 13.2 Å². The Morgan fingerprint density at radius 1 is 1.12 bits per heavy atom. The molecule has 0 amide bonds. The Morgan fingerprint density at radius 2 is 1.81 bits per heavy atom. The second kappa shape index (κ2) is 11.5. The van der Waals surface area contributed by atoms with Crippen LogP contribution in [-0.4, -0.2) is 54.3 Å². The molecule has 1 aliphatic heterocycles. The highest BCUT2D eigenvalue weighted by Gasteiger charge is 2.16. The van der Waals surface area contributed by atoms with Gasteiger partial charge >= 0.3 is 0 Å². The van der Waals surface area contributed by atoms with Crippen molar-refractivity contribution in [2.45, 2.75) is 46.1 Å². The van der Waals surface area contributed by atoms with E-state index in [1.54, 1.807) is 0 Å². The number of ether oxygens (including phenoxy) is 1. The molecule has 0 radical (unpaired) electrons. The van der Waals surface area contributed by atoms with E-state index in [1.165, 1.54) is 11.1 Å². The van der Waals surface area contributed by atoms with Crippen LogP contribution < -0.4 is 5.32 Å². The third-order valence-corrected chi connectivity index (χ3v) is 6.51. The molecule has 1 aliphatic rings. The molecule has 0 atom stereocenters. The summed E-state index contributed by atoms with van der Waals surface area (Å²) >= 11 is 12.0. The first kappa shape index (κ1) is 25.0. The van der Waals surface area contributed by atoms with E-state index in [9.17, 15) is 0 Å². The maximum Gasteiger partial charge on any atom is 0.173 e. The fourth-order valence-corrected chi connectivity index (χ4v) is 4.35. The fourth-order valence-electron chi connectivity index (χ4n) is 3.85. The lowest BCUT2D eigenvalue weighted by molar-refractivity contribution is 0.0368. The van der Waals surface area contributed by atoms with Gasteiger partial charge in [-0.1, -0.05) is 56.6 Å². The highest BCUT2D eigenvalue weighted by atomic mass is 35.5. The monoisotopic (exact) mass is 473 g/mol. The molecular weight excluding hydrogens is 438 g/mol. The molecular formula is C26H36ClN3OS. The predicted molar refractivity (Wildman–Crippen MR) is 140 cm³/mol. The predicted octanol–water partition coefficient (Wildman–Crippen LogP) is 5.87. The summed E-state index contributed by atoms with van der Waals surface area (Å²) < 4.78 is 5.47. The fraction of sp³-hybridized carbons (Fsp3) is 0.500. The second-order valence-electron chi connectivity index (χ2n) is 9.57. The molecule has 0 aromatic heterocycles. The number of morpholine rings is 1. The third-order valence-electron chi connectivity index (χ3n) is 5.92. The largest absolute Gasteiger partial charge is 0.379 e. The van der Waals surface area contributed by atoms with Crippen LogP contribution in [-0.2, 0) is 16.7 Å². The number of benzene rings is 2. The number of thiocarbonyl (C=S) groups is 1. The first-order valence-corrected chi connectivity index (χ1v) is 12.2. The summed E-state index contributed by atoms with van der Waals surface area (Å²) in [6.07, 6.45) is 1.06. The molecule has 1 saturated heterocycles. The van der Waals surface area contributed by atoms with Crippen molar-refractivity contribution in [3.63, 3.8) is 0 Å². The van der Waals surface area contributed by atoms with Gasteiger partial charge in [0, 0.05) is 43.4 Å². The molecule has 6 heteroatoms. The normalized spacial score (nSPS) is 14.9. The molecule has 3 rings (SSSR count). The number of rotatable bonds is 7. The maximum atomic E-state index is 6.13. The quantitative estimate of drug-likeness (QED) is 0.508. The van der Waals surface area contributed by atoms with Crippen LogP contribution in [0.15, 0.2) is 42.5 Å². The van der Waals surface area contributed by atoms with E-state index in [1.807, 2.05) is 25.1 Å². The molecule has 1 fully saturated rings. The number of hydrogen-bond acceptors (Lipinski definition) is 3. The molecule has 174 valence electrons. The molecule has 0 bridgehead atoms. The molecule has 2 aromatic carbocycles. The van der Waals surface area contributed by atoms with Crippen LogP contribution >= 0.6 is 23.8 Å². The number of aryl methyl sites for hydroxylation is 1. The number of hydrogen-bond donors (Lipinski definition) is 1. The average Bonchev–Trinajstić information content (AvgIpc) is 2.75. The van der Waals surface area contributed by atoms with Crippen LogP contribution in [0.5, 0.6) is 0 Å². The van der Waals surface area contributed by atoms with Gasteiger partial charge in [-0.05, 0) is 65.9 Å². The maximum absolute atomic E-state index is 6.13. The standard InChI is InChI=1S/C26H36ClN3OS/c1-20-18-23(27)10-11-24(20)28-25(32)30(13-5-12-29-14-16-31-17-15-29)19-21-6-8-22(9-7-21)26(2,3)4/h6-11,18H,5,12-17,19H2,1-4H3,(H,28,32). The minimum Gasteiger partial charge on any atom is -0.379 e. The SMILES string of the molecule is Cc1cc(Cl)ccc1NC(=S)N(CCCN1CCOCC1)Cc1ccc(C(C)(C)C)cc1. The lowest BCUT2D eigenvalue weighted by atomic mass is 9.87. The topological polar surface area (TPSA) is 27.7 Å². The minimum atomic E-state index is 0.152. The average molecular weight is 474 g/mol. The molecule has 0 aliphatic carbocycles. The molecule has 1 N–H and O–H groups in total. The van der Waals surface area contributed by atoms with E-state index in [2.05, 4.69) is 60.2 Å². The zero-order chi connectivity index (χ0) is 23.1. The van der Waals surface area contributed by atoms with E-state index < -0.39 is 0 Å². The van der Waals surface area contributed by atoms with Crippen molar-refractivity contribution in [3.8, 4) is 0 Å². The van der Waals surface area contributed by atoms with Crippen LogP contribution in [0.25, 0.3) is 0 Å². The van der Waals surface area contributed by atoms with Crippen LogP contribution in [0, 0.1) is 6.92 Å². The highest BCUT2D eigenvalue weighted by molar-refractivity contribution is 7.80. The summed E-state index contributed by atoms with van der Waals surface area (Å²) in [6, 6.07) is 14.8. The van der Waals surface area contributed by atoms with Crippen LogP contribution in [0.4, 0.5) is 5.69 Å². The van der Waals surface area contributed by atoms with Crippen molar-refractivity contribution in [1.29, 1.82) is 0 Å². The summed E-state index contributed by atoms with van der Waals surface area (Å²) in [4.78, 5) is 4.75. The Bertz CT molecular complexity index is 889. The number of nitrogens with one attached hydrogen (secondary N) is 1. The van der Waals surface area contributed by atoms with E-state index >= 15 is 0 Å². The van der Waals surface area contributed by atoms with E-state index in [4.69, 9.17) is 28.6 Å². The molecule has 0 saturated carbocycles. The molecule has 2 aromatic rings. The number of nitrogens with zero attached hydrogens (tertiary/aromatic N) is 2. The Hall–Kier alpha value is -1.66. The van der Waals surface area contributed by atoms with Gasteiger partial charge in [-0.3, -0.25) is 4.90 Å². The Labute approximate surface area is 203 Å². The lowest BCUT2D eigenvalue weighted by Gasteiger charge is -2.30. The summed E-state index contributed by atoms with van der Waals surface area (Å²) in [6.45, 7) is 15.2. The third kappa shape index (κ3) is 7.45. The van der Waals surface area contributed by atoms with Gasteiger partial charge in [0.2, 0.25) is 0 Å². The number of anilines is 1. The van der Waals surface area contributed by atoms with E-state index in [0.29, 0.717) is 0 Å². The molecule has 32 heavy (non-hydrogen) atoms. The molecule has 4 nitrogen and oxygen atoms in total. The van der Waals surface area contributed by atoms with Crippen molar-refractivity contribution in [2.24, 2.45) is 0 Å². The van der Waals surface area contributed by atoms with Gasteiger partial charge in [-0.25, -0.2) is 0 Å². The summed E-state index contributed by atoms with van der Waals surface area (Å²) in [5.74, 6) is 0. The number of halogens is 1. The van der Waals surface area contributed by atoms with Gasteiger partial charge in [0.15, 0.2) is 5.11 Å². The van der Waals surface area contributed by atoms with Crippen LogP contribution in [0.1, 0.15) is 43.9 Å². The van der Waals surface area contributed by atoms with E-state index in [0.717, 1.165) is 73.7 Å². The second-order valence-corrected chi connectivity index (χ2v) is 10.4. The first-order valence-electron chi connectivity index (χ1n) is 11.4. The zero-order valence-corrected chi connectivity index (χ0v) is 21.4. The van der Waals surface area contributed by atoms with E-state index in [-0.39, 0.29) is 5.41 Å². The summed E-state index contributed by atoms with van der Waals surface area (Å²) in [7, 11) is 0. The van der Waals surface area contributed by atoms with Gasteiger partial charge < -0.3 is 15.0 Å². The molecule has 1 heterocycles. The Balaban J connectivity index is 1.68. The van der Waals surface area contributed by atoms with Crippen LogP contribution in [0.2, 0.25) is 5.02 Å². The summed E-state index contributed by atoms with van der Waals surface area (Å²) in [5, 5.41) is 4.93. The van der Waals surface area contributed by atoms with Gasteiger partial charge in [0.1, 0.15) is 0 Å². The zero-order valence-electron chi connectivity index (χ0n) is 19.8. The minimum absolute atomic E-state index is 0.152. The summed E-state index contributed by atoms with van der Waals surface area (Å²) in [5.41, 5.74) is 4.85. The van der Waals surface area contributed by atoms with Crippen molar-refractivity contribution in [1.82, 2.24) is 9.80 Å². The smallest absolute Gasteiger partial charge is 0.173 e. The van der Waals surface area contributed by atoms with Gasteiger partial charge in [-0.15, -0.1) is 0 Å². The first-order chi connectivity index (χ1) is 15.2. The van der Waals surface area contributed by atoms with Crippen molar-refractivity contribution < 1.29 is 4.74 Å². The van der Waals surface area contributed by atoms with Crippen LogP contribution in [0.3, 0.4) is 0 Å². The lowest BCUT2D eigenvalue weighted by Crippen LogP contribution is -2.40. The van der Waals surface area contributed by atoms with Gasteiger partial charge in [0.25, 0.3) is 0 Å². The van der Waals surface area contributed by atoms with Crippen molar-refractivity contribution in [2.75, 3.05) is 44.7 Å². The highest BCUT2D eigenvalue weighted by Crippen LogP contribution is 2.23.